The van der Waals surface area contributed by atoms with E-state index in [4.69, 9.17) is 5.73 Å². The quantitative estimate of drug-likeness (QED) is 0.879. The highest BCUT2D eigenvalue weighted by Crippen LogP contribution is 2.33. The lowest BCUT2D eigenvalue weighted by atomic mass is 10.2. The zero-order valence-corrected chi connectivity index (χ0v) is 11.4. The van der Waals surface area contributed by atoms with Crippen molar-refractivity contribution in [2.45, 2.75) is 19.1 Å². The van der Waals surface area contributed by atoms with Gasteiger partial charge in [0.1, 0.15) is 5.52 Å². The molecule has 0 radical (unpaired) electrons. The maximum absolute atomic E-state index is 13.1. The maximum atomic E-state index is 13.1. The molecule has 110 valence electrons. The van der Waals surface area contributed by atoms with Gasteiger partial charge in [-0.15, -0.1) is 0 Å². The summed E-state index contributed by atoms with van der Waals surface area (Å²) in [7, 11) is 3.77. The number of hydrogen-bond acceptors (Lipinski definition) is 3. The molecule has 0 atom stereocenters. The first-order valence-corrected chi connectivity index (χ1v) is 6.27. The number of nitrogens with two attached hydrogens (primary N) is 1. The molecule has 1 heterocycles. The predicted molar refractivity (Wildman–Crippen MR) is 72.3 cm³/mol. The van der Waals surface area contributed by atoms with Gasteiger partial charge >= 0.3 is 6.18 Å². The molecule has 7 heteroatoms. The average Bonchev–Trinajstić information content (AvgIpc) is 2.69. The fourth-order valence-corrected chi connectivity index (χ4v) is 2.16. The first-order valence-electron chi connectivity index (χ1n) is 6.27. The normalized spacial score (nSPS) is 12.5. The molecular weight excluding hydrogens is 269 g/mol. The second kappa shape index (κ2) is 5.32. The Bertz CT molecular complexity index is 601. The minimum absolute atomic E-state index is 0.213. The van der Waals surface area contributed by atoms with Gasteiger partial charge in [0.25, 0.3) is 0 Å². The third kappa shape index (κ3) is 2.87. The molecule has 1 aromatic carbocycles. The van der Waals surface area contributed by atoms with Crippen molar-refractivity contribution < 1.29 is 13.2 Å². The molecule has 0 aliphatic rings. The fourth-order valence-electron chi connectivity index (χ4n) is 2.16. The molecule has 0 saturated carbocycles. The van der Waals surface area contributed by atoms with Gasteiger partial charge in [0.2, 0.25) is 5.82 Å². The van der Waals surface area contributed by atoms with E-state index in [1.54, 1.807) is 18.2 Å². The molecule has 0 amide bonds. The van der Waals surface area contributed by atoms with Gasteiger partial charge in [-0.2, -0.15) is 13.2 Å². The van der Waals surface area contributed by atoms with Crippen LogP contribution in [-0.2, 0) is 12.7 Å². The Balaban J connectivity index is 2.45. The van der Waals surface area contributed by atoms with E-state index in [9.17, 15) is 13.2 Å². The number of benzene rings is 1. The van der Waals surface area contributed by atoms with E-state index in [-0.39, 0.29) is 17.7 Å². The predicted octanol–water partition coefficient (Wildman–Crippen LogP) is 2.59. The van der Waals surface area contributed by atoms with Crippen LogP contribution in [0.5, 0.6) is 0 Å². The van der Waals surface area contributed by atoms with Crippen molar-refractivity contribution in [3.05, 3.63) is 24.0 Å². The summed E-state index contributed by atoms with van der Waals surface area (Å²) in [4.78, 5) is 5.61. The van der Waals surface area contributed by atoms with Crippen LogP contribution in [0.25, 0.3) is 11.0 Å². The van der Waals surface area contributed by atoms with Gasteiger partial charge in [-0.05, 0) is 39.2 Å². The molecule has 4 nitrogen and oxygen atoms in total. The van der Waals surface area contributed by atoms with Crippen LogP contribution >= 0.6 is 0 Å². The summed E-state index contributed by atoms with van der Waals surface area (Å²) in [6.45, 7) is 0.965. The number of hydrogen-bond donors (Lipinski definition) is 1. The number of fused-ring (bicyclic) bond motifs is 1. The van der Waals surface area contributed by atoms with Crippen LogP contribution in [0.4, 0.5) is 18.9 Å². The van der Waals surface area contributed by atoms with Gasteiger partial charge < -0.3 is 15.2 Å². The van der Waals surface area contributed by atoms with Crippen molar-refractivity contribution in [2.75, 3.05) is 26.4 Å². The first-order chi connectivity index (χ1) is 9.30. The summed E-state index contributed by atoms with van der Waals surface area (Å²) in [5.74, 6) is -0.885. The Morgan fingerprint density at radius 1 is 1.30 bits per heavy atom. The lowest BCUT2D eigenvalue weighted by Gasteiger charge is -2.13. The molecule has 1 aromatic heterocycles. The average molecular weight is 286 g/mol. The van der Waals surface area contributed by atoms with E-state index in [2.05, 4.69) is 4.98 Å². The molecule has 0 saturated heterocycles. The Kier molecular flexibility index (Phi) is 3.89. The van der Waals surface area contributed by atoms with Crippen LogP contribution < -0.4 is 5.73 Å². The SMILES string of the molecule is CN(C)CCCn1c(C(F)(F)F)nc2c(N)cccc21. The fraction of sp³-hybridized carbons (Fsp3) is 0.462. The maximum Gasteiger partial charge on any atom is 0.449 e. The van der Waals surface area contributed by atoms with Crippen LogP contribution in [0.15, 0.2) is 18.2 Å². The zero-order chi connectivity index (χ0) is 14.9. The Hall–Kier alpha value is -1.76. The number of rotatable bonds is 4. The lowest BCUT2D eigenvalue weighted by molar-refractivity contribution is -0.147. The van der Waals surface area contributed by atoms with Crippen molar-refractivity contribution >= 4 is 16.7 Å². The highest BCUT2D eigenvalue weighted by atomic mass is 19.4. The molecule has 0 fully saturated rings. The molecule has 0 aliphatic carbocycles. The second-order valence-electron chi connectivity index (χ2n) is 4.96. The van der Waals surface area contributed by atoms with E-state index in [0.29, 0.717) is 18.5 Å². The lowest BCUT2D eigenvalue weighted by Crippen LogP contribution is -2.19. The topological polar surface area (TPSA) is 47.1 Å². The molecule has 2 rings (SSSR count). The van der Waals surface area contributed by atoms with Gasteiger partial charge in [0.15, 0.2) is 0 Å². The van der Waals surface area contributed by atoms with E-state index in [1.165, 1.54) is 4.57 Å². The highest BCUT2D eigenvalue weighted by Gasteiger charge is 2.37. The zero-order valence-electron chi connectivity index (χ0n) is 11.4. The molecule has 0 bridgehead atoms. The standard InChI is InChI=1S/C13H17F3N4/c1-19(2)7-4-8-20-10-6-3-5-9(17)11(10)18-12(20)13(14,15)16/h3,5-6H,4,7-8,17H2,1-2H3. The summed E-state index contributed by atoms with van der Waals surface area (Å²) >= 11 is 0. The van der Waals surface area contributed by atoms with E-state index in [0.717, 1.165) is 0 Å². The van der Waals surface area contributed by atoms with Crippen molar-refractivity contribution in [1.29, 1.82) is 0 Å². The van der Waals surface area contributed by atoms with Gasteiger partial charge in [0.05, 0.1) is 11.2 Å². The Labute approximate surface area is 115 Å². The van der Waals surface area contributed by atoms with Crippen LogP contribution in [0, 0.1) is 0 Å². The van der Waals surface area contributed by atoms with Crippen LogP contribution in [-0.4, -0.2) is 35.1 Å². The van der Waals surface area contributed by atoms with Crippen LogP contribution in [0.3, 0.4) is 0 Å². The third-order valence-electron chi connectivity index (χ3n) is 3.05. The second-order valence-corrected chi connectivity index (χ2v) is 4.96. The van der Waals surface area contributed by atoms with Crippen LogP contribution in [0.2, 0.25) is 0 Å². The first kappa shape index (κ1) is 14.6. The molecule has 20 heavy (non-hydrogen) atoms. The number of anilines is 1. The van der Waals surface area contributed by atoms with Gasteiger partial charge in [-0.1, -0.05) is 6.07 Å². The monoisotopic (exact) mass is 286 g/mol. The number of aromatic nitrogens is 2. The van der Waals surface area contributed by atoms with Crippen molar-refractivity contribution in [3.63, 3.8) is 0 Å². The molecule has 2 N–H and O–H groups in total. The van der Waals surface area contributed by atoms with Crippen molar-refractivity contribution in [1.82, 2.24) is 14.5 Å². The summed E-state index contributed by atoms with van der Waals surface area (Å²) in [6.07, 6.45) is -3.88. The smallest absolute Gasteiger partial charge is 0.397 e. The number of alkyl halides is 3. The van der Waals surface area contributed by atoms with Crippen molar-refractivity contribution in [2.24, 2.45) is 0 Å². The Morgan fingerprint density at radius 2 is 2.00 bits per heavy atom. The molecular formula is C13H17F3N4. The largest absolute Gasteiger partial charge is 0.449 e. The minimum Gasteiger partial charge on any atom is -0.397 e. The number of aryl methyl sites for hydroxylation is 1. The Morgan fingerprint density at radius 3 is 2.60 bits per heavy atom. The number of imidazole rings is 1. The minimum atomic E-state index is -4.48. The van der Waals surface area contributed by atoms with E-state index >= 15 is 0 Å². The molecule has 0 aliphatic heterocycles. The number of halogens is 3. The highest BCUT2D eigenvalue weighted by molar-refractivity contribution is 5.87. The number of para-hydroxylation sites is 1. The van der Waals surface area contributed by atoms with E-state index in [1.807, 2.05) is 19.0 Å². The van der Waals surface area contributed by atoms with Gasteiger partial charge in [-0.3, -0.25) is 0 Å². The van der Waals surface area contributed by atoms with Crippen molar-refractivity contribution in [3.8, 4) is 0 Å². The molecule has 2 aromatic rings. The van der Waals surface area contributed by atoms with E-state index < -0.39 is 12.0 Å². The van der Waals surface area contributed by atoms with Crippen LogP contribution in [0.1, 0.15) is 12.2 Å². The molecule has 0 spiro atoms. The van der Waals surface area contributed by atoms with Gasteiger partial charge in [0, 0.05) is 6.54 Å². The molecule has 0 unspecified atom stereocenters. The third-order valence-corrected chi connectivity index (χ3v) is 3.05. The summed E-state index contributed by atoms with van der Waals surface area (Å²) in [5, 5.41) is 0. The summed E-state index contributed by atoms with van der Waals surface area (Å²) < 4.78 is 40.4. The van der Waals surface area contributed by atoms with Gasteiger partial charge in [-0.25, -0.2) is 4.98 Å². The summed E-state index contributed by atoms with van der Waals surface area (Å²) in [6, 6.07) is 4.81. The number of nitrogen functional groups attached to an aromatic ring is 1. The summed E-state index contributed by atoms with van der Waals surface area (Å²) in [5.41, 5.74) is 6.61. The number of nitrogens with zero attached hydrogens (tertiary/aromatic N) is 3.